The number of halogens is 1. The van der Waals surface area contributed by atoms with Crippen LogP contribution in [0.3, 0.4) is 0 Å². The Morgan fingerprint density at radius 2 is 1.37 bits per heavy atom. The molecule has 0 aliphatic heterocycles. The van der Waals surface area contributed by atoms with Crippen LogP contribution < -0.4 is 4.74 Å². The number of hydrogen-bond acceptors (Lipinski definition) is 8. The van der Waals surface area contributed by atoms with Crippen molar-refractivity contribution < 1.29 is 33.3 Å². The maximum absolute atomic E-state index is 12.8. The molecule has 154 valence electrons. The van der Waals surface area contributed by atoms with Gasteiger partial charge in [0.25, 0.3) is 0 Å². The molecule has 2 rings (SSSR count). The van der Waals surface area contributed by atoms with E-state index in [1.54, 1.807) is 36.4 Å². The Balaban J connectivity index is 1.76. The summed E-state index contributed by atoms with van der Waals surface area (Å²) < 4.78 is 17.9. The first-order valence-electron chi connectivity index (χ1n) is 8.63. The monoisotopic (exact) mass is 412 g/mol. The third kappa shape index (κ3) is 8.26. The minimum atomic E-state index is -0.921. The maximum atomic E-state index is 12.8. The number of esters is 1. The highest BCUT2D eigenvalue weighted by Gasteiger charge is 2.12. The predicted octanol–water partition coefficient (Wildman–Crippen LogP) is 3.15. The lowest BCUT2D eigenvalue weighted by molar-refractivity contribution is -0.254. The predicted molar refractivity (Wildman–Crippen MR) is 105 cm³/mol. The molecular weight excluding hydrogens is 395 g/mol. The zero-order valence-corrected chi connectivity index (χ0v) is 15.7. The third-order valence-corrected chi connectivity index (χ3v) is 3.38. The normalized spacial score (nSPS) is 10.7. The Morgan fingerprint density at radius 3 is 1.93 bits per heavy atom. The van der Waals surface area contributed by atoms with E-state index in [1.165, 1.54) is 24.6 Å². The lowest BCUT2D eigenvalue weighted by atomic mass is 10.2. The van der Waals surface area contributed by atoms with Gasteiger partial charge in [-0.25, -0.2) is 23.8 Å². The number of nitrogens with zero attached hydrogens (tertiary/aromatic N) is 2. The second-order valence-corrected chi connectivity index (χ2v) is 5.65. The van der Waals surface area contributed by atoms with Crippen LogP contribution in [-0.4, -0.2) is 30.3 Å². The van der Waals surface area contributed by atoms with Gasteiger partial charge in [-0.15, -0.1) is 0 Å². The van der Waals surface area contributed by atoms with Gasteiger partial charge in [-0.05, 0) is 47.5 Å². The Hall–Kier alpha value is -4.14. The average Bonchev–Trinajstić information content (AvgIpc) is 2.76. The van der Waals surface area contributed by atoms with Crippen molar-refractivity contribution in [2.75, 3.05) is 0 Å². The van der Waals surface area contributed by atoms with Gasteiger partial charge in [-0.1, -0.05) is 18.7 Å². The molecule has 0 N–H and O–H groups in total. The summed E-state index contributed by atoms with van der Waals surface area (Å²) >= 11 is 0. The molecule has 30 heavy (non-hydrogen) atoms. The first kappa shape index (κ1) is 22.2. The molecule has 0 bridgehead atoms. The summed E-state index contributed by atoms with van der Waals surface area (Å²) in [4.78, 5) is 42.1. The largest absolute Gasteiger partial charge is 0.427 e. The molecule has 0 spiro atoms. The molecule has 0 atom stereocenters. The smallest absolute Gasteiger partial charge is 0.378 e. The summed E-state index contributed by atoms with van der Waals surface area (Å²) in [6.45, 7) is 3.14. The molecule has 2 aromatic rings. The molecule has 0 unspecified atom stereocenters. The molecular formula is C21H17FN2O6. The second-order valence-electron chi connectivity index (χ2n) is 5.65. The lowest BCUT2D eigenvalue weighted by Crippen LogP contribution is -2.14. The zero-order chi connectivity index (χ0) is 21.8. The summed E-state index contributed by atoms with van der Waals surface area (Å²) in [5, 5.41) is 7.75. The summed E-state index contributed by atoms with van der Waals surface area (Å²) in [5.74, 6) is -2.53. The number of carbonyl (C=O) groups excluding carboxylic acids is 3. The molecule has 0 amide bonds. The van der Waals surface area contributed by atoms with Crippen LogP contribution in [0, 0.1) is 5.82 Å². The minimum Gasteiger partial charge on any atom is -0.427 e. The van der Waals surface area contributed by atoms with E-state index in [9.17, 15) is 18.8 Å². The van der Waals surface area contributed by atoms with Crippen molar-refractivity contribution in [2.45, 2.75) is 12.8 Å². The Labute approximate surface area is 171 Å². The highest BCUT2D eigenvalue weighted by atomic mass is 19.1. The van der Waals surface area contributed by atoms with Crippen LogP contribution in [-0.2, 0) is 24.2 Å². The van der Waals surface area contributed by atoms with Crippen molar-refractivity contribution in [1.82, 2.24) is 0 Å². The van der Waals surface area contributed by atoms with E-state index in [1.807, 2.05) is 0 Å². The molecule has 0 saturated heterocycles. The SMILES string of the molecule is C=CC(=O)OOC(=O)CCC(=O)Oc1ccc(/C=N/N=C/c2ccc(F)cc2)cc1. The van der Waals surface area contributed by atoms with Crippen molar-refractivity contribution in [3.63, 3.8) is 0 Å². The van der Waals surface area contributed by atoms with E-state index in [2.05, 4.69) is 26.6 Å². The minimum absolute atomic E-state index is 0.258. The van der Waals surface area contributed by atoms with Crippen LogP contribution in [0.4, 0.5) is 4.39 Å². The van der Waals surface area contributed by atoms with Crippen LogP contribution in [0.15, 0.2) is 71.4 Å². The van der Waals surface area contributed by atoms with Crippen molar-refractivity contribution in [3.8, 4) is 5.75 Å². The van der Waals surface area contributed by atoms with Crippen molar-refractivity contribution >= 4 is 30.3 Å². The van der Waals surface area contributed by atoms with Gasteiger partial charge < -0.3 is 4.74 Å². The molecule has 9 heteroatoms. The zero-order valence-electron chi connectivity index (χ0n) is 15.7. The van der Waals surface area contributed by atoms with Crippen LogP contribution in [0.2, 0.25) is 0 Å². The fourth-order valence-electron chi connectivity index (χ4n) is 1.92. The number of ether oxygens (including phenoxy) is 1. The Kier molecular flexibility index (Phi) is 8.60. The number of carbonyl (C=O) groups is 3. The molecule has 0 saturated carbocycles. The summed E-state index contributed by atoms with van der Waals surface area (Å²) in [5.41, 5.74) is 1.41. The van der Waals surface area contributed by atoms with Gasteiger partial charge in [0.1, 0.15) is 11.6 Å². The van der Waals surface area contributed by atoms with Gasteiger partial charge >= 0.3 is 17.9 Å². The van der Waals surface area contributed by atoms with E-state index >= 15 is 0 Å². The molecule has 8 nitrogen and oxygen atoms in total. The number of rotatable bonds is 8. The summed E-state index contributed by atoms with van der Waals surface area (Å²) in [6, 6.07) is 12.2. The molecule has 2 aromatic carbocycles. The van der Waals surface area contributed by atoms with E-state index in [4.69, 9.17) is 4.74 Å². The lowest BCUT2D eigenvalue weighted by Gasteiger charge is -2.04. The Morgan fingerprint density at radius 1 is 0.833 bits per heavy atom. The van der Waals surface area contributed by atoms with E-state index in [0.29, 0.717) is 11.1 Å². The second kappa shape index (κ2) is 11.6. The quantitative estimate of drug-likeness (QED) is 0.165. The fourth-order valence-corrected chi connectivity index (χ4v) is 1.92. The number of hydrogen-bond donors (Lipinski definition) is 0. The standard InChI is InChI=1S/C21H17FN2O6/c1-2-19(25)29-30-21(27)12-11-20(26)28-18-9-5-16(6-10-18)14-24-23-13-15-3-7-17(22)8-4-15/h2-10,13-14H,1,11-12H2/b23-13+,24-14+. The highest BCUT2D eigenvalue weighted by molar-refractivity contribution is 5.84. The molecule has 0 radical (unpaired) electrons. The van der Waals surface area contributed by atoms with Crippen molar-refractivity contribution in [3.05, 3.63) is 78.1 Å². The summed E-state index contributed by atoms with van der Waals surface area (Å²) in [7, 11) is 0. The van der Waals surface area contributed by atoms with Gasteiger partial charge in [-0.2, -0.15) is 10.2 Å². The van der Waals surface area contributed by atoms with E-state index in [0.717, 1.165) is 6.08 Å². The van der Waals surface area contributed by atoms with Gasteiger partial charge in [0.05, 0.1) is 25.3 Å². The highest BCUT2D eigenvalue weighted by Crippen LogP contribution is 2.12. The first-order chi connectivity index (χ1) is 14.5. The van der Waals surface area contributed by atoms with Gasteiger partial charge in [0, 0.05) is 6.08 Å². The van der Waals surface area contributed by atoms with Crippen LogP contribution >= 0.6 is 0 Å². The maximum Gasteiger partial charge on any atom is 0.378 e. The molecule has 0 aliphatic rings. The number of benzene rings is 2. The van der Waals surface area contributed by atoms with Gasteiger partial charge in [0.15, 0.2) is 0 Å². The van der Waals surface area contributed by atoms with E-state index < -0.39 is 17.9 Å². The average molecular weight is 412 g/mol. The first-order valence-corrected chi connectivity index (χ1v) is 8.63. The van der Waals surface area contributed by atoms with Gasteiger partial charge in [-0.3, -0.25) is 4.79 Å². The van der Waals surface area contributed by atoms with Crippen LogP contribution in [0.25, 0.3) is 0 Å². The van der Waals surface area contributed by atoms with E-state index in [-0.39, 0.29) is 24.4 Å². The summed E-state index contributed by atoms with van der Waals surface area (Å²) in [6.07, 6.45) is 3.22. The molecule has 0 aliphatic carbocycles. The van der Waals surface area contributed by atoms with Crippen LogP contribution in [0.1, 0.15) is 24.0 Å². The molecule has 0 fully saturated rings. The van der Waals surface area contributed by atoms with Crippen molar-refractivity contribution in [1.29, 1.82) is 0 Å². The van der Waals surface area contributed by atoms with Crippen LogP contribution in [0.5, 0.6) is 5.75 Å². The van der Waals surface area contributed by atoms with Crippen molar-refractivity contribution in [2.24, 2.45) is 10.2 Å². The molecule has 0 aromatic heterocycles. The topological polar surface area (TPSA) is 104 Å². The third-order valence-electron chi connectivity index (χ3n) is 3.38. The molecule has 0 heterocycles. The fraction of sp³-hybridized carbons (Fsp3) is 0.0952. The van der Waals surface area contributed by atoms with Gasteiger partial charge in [0.2, 0.25) is 0 Å². The Bertz CT molecular complexity index is 952.